The van der Waals surface area contributed by atoms with Crippen LogP contribution in [-0.4, -0.2) is 46.5 Å². The van der Waals surface area contributed by atoms with E-state index >= 15 is 0 Å². The highest BCUT2D eigenvalue weighted by Gasteiger charge is 2.27. The Morgan fingerprint density at radius 3 is 2.44 bits per heavy atom. The maximum atomic E-state index is 13.2. The standard InChI is InChI=1S/C22H30N4O/c1-17-16-20(18(2)26(17)19-8-4-3-5-9-19)22(27)25-14-12-24(13-15-25)21-10-6-7-11-23-21/h6-7,10-11,16,19H,3-5,8-9,12-15H2,1-2H3. The summed E-state index contributed by atoms with van der Waals surface area (Å²) < 4.78 is 2.43. The van der Waals surface area contributed by atoms with Crippen molar-refractivity contribution in [3.05, 3.63) is 47.4 Å². The van der Waals surface area contributed by atoms with Crippen LogP contribution >= 0.6 is 0 Å². The molecule has 0 radical (unpaired) electrons. The molecule has 2 aromatic heterocycles. The molecular weight excluding hydrogens is 336 g/mol. The van der Waals surface area contributed by atoms with Crippen LogP contribution < -0.4 is 4.90 Å². The first-order chi connectivity index (χ1) is 13.1. The number of pyridine rings is 1. The molecule has 5 nitrogen and oxygen atoms in total. The van der Waals surface area contributed by atoms with Gasteiger partial charge in [0.1, 0.15) is 5.82 Å². The number of aryl methyl sites for hydroxylation is 1. The van der Waals surface area contributed by atoms with Crippen molar-refractivity contribution in [1.29, 1.82) is 0 Å². The van der Waals surface area contributed by atoms with Gasteiger partial charge in [0, 0.05) is 49.8 Å². The molecule has 27 heavy (non-hydrogen) atoms. The summed E-state index contributed by atoms with van der Waals surface area (Å²) in [7, 11) is 0. The van der Waals surface area contributed by atoms with Crippen molar-refractivity contribution < 1.29 is 4.79 Å². The lowest BCUT2D eigenvalue weighted by molar-refractivity contribution is 0.0745. The SMILES string of the molecule is Cc1cc(C(=O)N2CCN(c3ccccn3)CC2)c(C)n1C1CCCCC1. The van der Waals surface area contributed by atoms with Crippen molar-refractivity contribution in [2.75, 3.05) is 31.1 Å². The third-order valence-corrected chi connectivity index (χ3v) is 6.19. The van der Waals surface area contributed by atoms with Gasteiger partial charge in [-0.15, -0.1) is 0 Å². The second-order valence-corrected chi connectivity index (χ2v) is 7.91. The van der Waals surface area contributed by atoms with Gasteiger partial charge in [-0.25, -0.2) is 4.98 Å². The van der Waals surface area contributed by atoms with Gasteiger partial charge in [0.2, 0.25) is 0 Å². The minimum absolute atomic E-state index is 0.186. The van der Waals surface area contributed by atoms with E-state index in [4.69, 9.17) is 0 Å². The third kappa shape index (κ3) is 3.60. The minimum atomic E-state index is 0.186. The number of piperazine rings is 1. The van der Waals surface area contributed by atoms with E-state index in [1.807, 2.05) is 29.3 Å². The highest BCUT2D eigenvalue weighted by Crippen LogP contribution is 2.32. The van der Waals surface area contributed by atoms with Gasteiger partial charge in [0.25, 0.3) is 5.91 Å². The molecule has 0 atom stereocenters. The topological polar surface area (TPSA) is 41.4 Å². The first-order valence-corrected chi connectivity index (χ1v) is 10.3. The molecule has 0 unspecified atom stereocenters. The summed E-state index contributed by atoms with van der Waals surface area (Å²) in [5.74, 6) is 1.19. The predicted molar refractivity (Wildman–Crippen MR) is 108 cm³/mol. The summed E-state index contributed by atoms with van der Waals surface area (Å²) in [4.78, 5) is 21.9. The van der Waals surface area contributed by atoms with Crippen molar-refractivity contribution in [3.63, 3.8) is 0 Å². The van der Waals surface area contributed by atoms with E-state index in [-0.39, 0.29) is 5.91 Å². The number of hydrogen-bond acceptors (Lipinski definition) is 3. The van der Waals surface area contributed by atoms with Crippen LogP contribution in [0, 0.1) is 13.8 Å². The number of aromatic nitrogens is 2. The van der Waals surface area contributed by atoms with Crippen molar-refractivity contribution in [1.82, 2.24) is 14.5 Å². The van der Waals surface area contributed by atoms with Crippen LogP contribution in [0.3, 0.4) is 0 Å². The zero-order valence-corrected chi connectivity index (χ0v) is 16.5. The normalized spacial score (nSPS) is 18.7. The number of rotatable bonds is 3. The van der Waals surface area contributed by atoms with E-state index < -0.39 is 0 Å². The predicted octanol–water partition coefficient (Wildman–Crippen LogP) is 3.97. The Morgan fingerprint density at radius 1 is 1.04 bits per heavy atom. The maximum Gasteiger partial charge on any atom is 0.255 e. The van der Waals surface area contributed by atoms with Crippen LogP contribution in [0.2, 0.25) is 0 Å². The van der Waals surface area contributed by atoms with Crippen molar-refractivity contribution in [2.45, 2.75) is 52.0 Å². The monoisotopic (exact) mass is 366 g/mol. The number of nitrogens with zero attached hydrogens (tertiary/aromatic N) is 4. The van der Waals surface area contributed by atoms with E-state index in [0.29, 0.717) is 6.04 Å². The maximum absolute atomic E-state index is 13.2. The average molecular weight is 367 g/mol. The molecule has 0 bridgehead atoms. The fourth-order valence-electron chi connectivity index (χ4n) is 4.74. The molecule has 2 fully saturated rings. The van der Waals surface area contributed by atoms with Crippen LogP contribution in [0.15, 0.2) is 30.5 Å². The molecule has 0 spiro atoms. The van der Waals surface area contributed by atoms with Gasteiger partial charge < -0.3 is 14.4 Å². The molecule has 1 aliphatic heterocycles. The van der Waals surface area contributed by atoms with Crippen LogP contribution in [-0.2, 0) is 0 Å². The minimum Gasteiger partial charge on any atom is -0.353 e. The Morgan fingerprint density at radius 2 is 1.78 bits per heavy atom. The Hall–Kier alpha value is -2.30. The lowest BCUT2D eigenvalue weighted by Crippen LogP contribution is -2.49. The highest BCUT2D eigenvalue weighted by molar-refractivity contribution is 5.96. The molecule has 5 heteroatoms. The lowest BCUT2D eigenvalue weighted by Gasteiger charge is -2.35. The first-order valence-electron chi connectivity index (χ1n) is 10.3. The summed E-state index contributed by atoms with van der Waals surface area (Å²) in [5.41, 5.74) is 3.27. The van der Waals surface area contributed by atoms with Gasteiger partial charge >= 0.3 is 0 Å². The molecule has 1 saturated carbocycles. The summed E-state index contributed by atoms with van der Waals surface area (Å²) >= 11 is 0. The highest BCUT2D eigenvalue weighted by atomic mass is 16.2. The summed E-state index contributed by atoms with van der Waals surface area (Å²) in [6.07, 6.45) is 8.27. The van der Waals surface area contributed by atoms with Crippen LogP contribution in [0.5, 0.6) is 0 Å². The van der Waals surface area contributed by atoms with Gasteiger partial charge in [-0.3, -0.25) is 4.79 Å². The zero-order chi connectivity index (χ0) is 18.8. The molecule has 2 aliphatic rings. The van der Waals surface area contributed by atoms with Gasteiger partial charge in [-0.1, -0.05) is 25.3 Å². The molecule has 1 aliphatic carbocycles. The van der Waals surface area contributed by atoms with Crippen molar-refractivity contribution in [2.24, 2.45) is 0 Å². The van der Waals surface area contributed by atoms with Gasteiger partial charge in [0.05, 0.1) is 5.56 Å². The van der Waals surface area contributed by atoms with E-state index in [0.717, 1.165) is 43.3 Å². The first kappa shape index (κ1) is 18.1. The molecular formula is C22H30N4O. The molecule has 3 heterocycles. The second-order valence-electron chi connectivity index (χ2n) is 7.91. The Bertz CT molecular complexity index is 784. The zero-order valence-electron chi connectivity index (χ0n) is 16.5. The summed E-state index contributed by atoms with van der Waals surface area (Å²) in [6, 6.07) is 8.67. The van der Waals surface area contributed by atoms with E-state index in [2.05, 4.69) is 34.4 Å². The number of hydrogen-bond donors (Lipinski definition) is 0. The quantitative estimate of drug-likeness (QED) is 0.825. The summed E-state index contributed by atoms with van der Waals surface area (Å²) in [6.45, 7) is 7.45. The Labute approximate surface area is 162 Å². The van der Waals surface area contributed by atoms with Crippen LogP contribution in [0.1, 0.15) is 59.9 Å². The van der Waals surface area contributed by atoms with E-state index in [1.54, 1.807) is 0 Å². The Balaban J connectivity index is 1.46. The van der Waals surface area contributed by atoms with Gasteiger partial charge in [-0.05, 0) is 44.9 Å². The lowest BCUT2D eigenvalue weighted by atomic mass is 9.95. The fourth-order valence-corrected chi connectivity index (χ4v) is 4.74. The van der Waals surface area contributed by atoms with E-state index in [1.165, 1.54) is 37.8 Å². The van der Waals surface area contributed by atoms with Gasteiger partial charge in [0.15, 0.2) is 0 Å². The van der Waals surface area contributed by atoms with Gasteiger partial charge in [-0.2, -0.15) is 0 Å². The molecule has 2 aromatic rings. The Kier molecular flexibility index (Phi) is 5.19. The largest absolute Gasteiger partial charge is 0.353 e. The molecule has 0 N–H and O–H groups in total. The summed E-state index contributed by atoms with van der Waals surface area (Å²) in [5, 5.41) is 0. The number of anilines is 1. The number of carbonyl (C=O) groups excluding carboxylic acids is 1. The van der Waals surface area contributed by atoms with Crippen LogP contribution in [0.25, 0.3) is 0 Å². The molecule has 1 saturated heterocycles. The number of amides is 1. The second kappa shape index (κ2) is 7.75. The molecule has 0 aromatic carbocycles. The van der Waals surface area contributed by atoms with Crippen molar-refractivity contribution in [3.8, 4) is 0 Å². The molecule has 4 rings (SSSR count). The third-order valence-electron chi connectivity index (χ3n) is 6.19. The molecule has 1 amide bonds. The average Bonchev–Trinajstić information content (AvgIpc) is 3.03. The molecule has 144 valence electrons. The van der Waals surface area contributed by atoms with Crippen molar-refractivity contribution >= 4 is 11.7 Å². The van der Waals surface area contributed by atoms with E-state index in [9.17, 15) is 4.79 Å². The van der Waals surface area contributed by atoms with Crippen LogP contribution in [0.4, 0.5) is 5.82 Å². The smallest absolute Gasteiger partial charge is 0.255 e. The number of carbonyl (C=O) groups is 1. The fraction of sp³-hybridized carbons (Fsp3) is 0.545.